The maximum atomic E-state index is 3.90. The SMILES string of the molecule is CC(C)(C)C1CC(C2CCC(C(C)(C)C)N2)CN1. The van der Waals surface area contributed by atoms with E-state index in [1.54, 1.807) is 0 Å². The Morgan fingerprint density at radius 3 is 1.89 bits per heavy atom. The van der Waals surface area contributed by atoms with Gasteiger partial charge in [0.25, 0.3) is 0 Å². The van der Waals surface area contributed by atoms with Crippen LogP contribution in [-0.4, -0.2) is 24.7 Å². The molecular formula is C16H32N2. The summed E-state index contributed by atoms with van der Waals surface area (Å²) in [6, 6.07) is 2.14. The Hall–Kier alpha value is -0.0800. The molecule has 4 atom stereocenters. The van der Waals surface area contributed by atoms with Gasteiger partial charge in [0.2, 0.25) is 0 Å². The number of rotatable bonds is 1. The van der Waals surface area contributed by atoms with E-state index >= 15 is 0 Å². The third-order valence-corrected chi connectivity index (χ3v) is 5.01. The number of hydrogen-bond acceptors (Lipinski definition) is 2. The molecule has 2 heterocycles. The monoisotopic (exact) mass is 252 g/mol. The fraction of sp³-hybridized carbons (Fsp3) is 1.00. The van der Waals surface area contributed by atoms with Gasteiger partial charge in [-0.3, -0.25) is 0 Å². The van der Waals surface area contributed by atoms with Crippen molar-refractivity contribution in [3.63, 3.8) is 0 Å². The zero-order chi connectivity index (χ0) is 13.6. The quantitative estimate of drug-likeness (QED) is 0.749. The second kappa shape index (κ2) is 4.79. The first-order valence-corrected chi connectivity index (χ1v) is 7.67. The highest BCUT2D eigenvalue weighted by atomic mass is 15.0. The molecular weight excluding hydrogens is 220 g/mol. The molecule has 0 spiro atoms. The molecule has 2 heteroatoms. The van der Waals surface area contributed by atoms with Gasteiger partial charge in [0.05, 0.1) is 0 Å². The van der Waals surface area contributed by atoms with Gasteiger partial charge in [-0.1, -0.05) is 41.5 Å². The van der Waals surface area contributed by atoms with Crippen LogP contribution in [0.1, 0.15) is 60.8 Å². The van der Waals surface area contributed by atoms with Gasteiger partial charge in [-0.2, -0.15) is 0 Å². The lowest BCUT2D eigenvalue weighted by Crippen LogP contribution is -2.42. The Labute approximate surface area is 113 Å². The second-order valence-corrected chi connectivity index (χ2v) is 8.59. The molecule has 0 saturated carbocycles. The van der Waals surface area contributed by atoms with E-state index in [-0.39, 0.29) is 0 Å². The highest BCUT2D eigenvalue weighted by molar-refractivity contribution is 4.99. The van der Waals surface area contributed by atoms with Crippen LogP contribution in [0.5, 0.6) is 0 Å². The van der Waals surface area contributed by atoms with Crippen molar-refractivity contribution in [3.05, 3.63) is 0 Å². The predicted octanol–water partition coefficient (Wildman–Crippen LogP) is 3.18. The normalized spacial score (nSPS) is 38.3. The molecule has 0 aromatic carbocycles. The third kappa shape index (κ3) is 3.08. The molecule has 0 aromatic rings. The molecule has 18 heavy (non-hydrogen) atoms. The molecule has 2 aliphatic rings. The molecule has 2 fully saturated rings. The molecule has 0 radical (unpaired) electrons. The van der Waals surface area contributed by atoms with Crippen molar-refractivity contribution in [2.75, 3.05) is 6.54 Å². The van der Waals surface area contributed by atoms with Gasteiger partial charge in [-0.15, -0.1) is 0 Å². The van der Waals surface area contributed by atoms with Crippen molar-refractivity contribution >= 4 is 0 Å². The number of hydrogen-bond donors (Lipinski definition) is 2. The van der Waals surface area contributed by atoms with Gasteiger partial charge in [0.15, 0.2) is 0 Å². The summed E-state index contributed by atoms with van der Waals surface area (Å²) >= 11 is 0. The largest absolute Gasteiger partial charge is 0.313 e. The van der Waals surface area contributed by atoms with Crippen LogP contribution in [0.15, 0.2) is 0 Å². The Morgan fingerprint density at radius 2 is 1.44 bits per heavy atom. The topological polar surface area (TPSA) is 24.1 Å². The lowest BCUT2D eigenvalue weighted by Gasteiger charge is -2.30. The van der Waals surface area contributed by atoms with Crippen molar-refractivity contribution < 1.29 is 0 Å². The summed E-state index contributed by atoms with van der Waals surface area (Å²) in [5, 5.41) is 7.64. The maximum absolute atomic E-state index is 3.90. The van der Waals surface area contributed by atoms with Crippen molar-refractivity contribution in [1.82, 2.24) is 10.6 Å². The molecule has 2 N–H and O–H groups in total. The van der Waals surface area contributed by atoms with E-state index in [2.05, 4.69) is 52.2 Å². The predicted molar refractivity (Wildman–Crippen MR) is 78.8 cm³/mol. The maximum Gasteiger partial charge on any atom is 0.0119 e. The Kier molecular flexibility index (Phi) is 3.81. The first kappa shape index (κ1) is 14.3. The fourth-order valence-electron chi connectivity index (χ4n) is 3.56. The lowest BCUT2D eigenvalue weighted by molar-refractivity contribution is 0.263. The van der Waals surface area contributed by atoms with Crippen LogP contribution in [-0.2, 0) is 0 Å². The Bertz CT molecular complexity index is 254. The van der Waals surface area contributed by atoms with Crippen LogP contribution in [0.4, 0.5) is 0 Å². The standard InChI is InChI=1S/C16H32N2/c1-15(2,3)13-8-7-12(18-13)11-9-14(17-10-11)16(4,5)6/h11-14,17-18H,7-10H2,1-6H3. The summed E-state index contributed by atoms with van der Waals surface area (Å²) in [5.41, 5.74) is 0.807. The van der Waals surface area contributed by atoms with E-state index in [4.69, 9.17) is 0 Å². The molecule has 0 aromatic heterocycles. The minimum absolute atomic E-state index is 0.400. The highest BCUT2D eigenvalue weighted by Gasteiger charge is 2.40. The van der Waals surface area contributed by atoms with E-state index in [0.717, 1.165) is 12.0 Å². The van der Waals surface area contributed by atoms with E-state index in [0.29, 0.717) is 22.9 Å². The van der Waals surface area contributed by atoms with Crippen LogP contribution >= 0.6 is 0 Å². The fourth-order valence-corrected chi connectivity index (χ4v) is 3.56. The Balaban J connectivity index is 1.89. The van der Waals surface area contributed by atoms with E-state index in [1.165, 1.54) is 25.8 Å². The summed E-state index contributed by atoms with van der Waals surface area (Å²) in [7, 11) is 0. The summed E-state index contributed by atoms with van der Waals surface area (Å²) in [4.78, 5) is 0. The smallest absolute Gasteiger partial charge is 0.0119 e. The van der Waals surface area contributed by atoms with Crippen molar-refractivity contribution in [3.8, 4) is 0 Å². The van der Waals surface area contributed by atoms with Crippen molar-refractivity contribution in [1.29, 1.82) is 0 Å². The van der Waals surface area contributed by atoms with Crippen LogP contribution in [0.25, 0.3) is 0 Å². The summed E-state index contributed by atoms with van der Waals surface area (Å²) in [5.74, 6) is 0.835. The molecule has 0 bridgehead atoms. The minimum atomic E-state index is 0.400. The highest BCUT2D eigenvalue weighted by Crippen LogP contribution is 2.36. The zero-order valence-electron chi connectivity index (χ0n) is 13.1. The van der Waals surface area contributed by atoms with Crippen LogP contribution in [0.2, 0.25) is 0 Å². The summed E-state index contributed by atoms with van der Waals surface area (Å²) in [6.45, 7) is 15.3. The van der Waals surface area contributed by atoms with Crippen molar-refractivity contribution in [2.45, 2.75) is 78.9 Å². The second-order valence-electron chi connectivity index (χ2n) is 8.59. The first-order valence-electron chi connectivity index (χ1n) is 7.67. The van der Waals surface area contributed by atoms with Crippen molar-refractivity contribution in [2.24, 2.45) is 16.7 Å². The van der Waals surface area contributed by atoms with E-state index in [9.17, 15) is 0 Å². The third-order valence-electron chi connectivity index (χ3n) is 5.01. The molecule has 2 rings (SSSR count). The average Bonchev–Trinajstić information content (AvgIpc) is 2.84. The first-order chi connectivity index (χ1) is 8.18. The molecule has 4 unspecified atom stereocenters. The van der Waals surface area contributed by atoms with Gasteiger partial charge >= 0.3 is 0 Å². The van der Waals surface area contributed by atoms with Gasteiger partial charge in [-0.05, 0) is 42.6 Å². The van der Waals surface area contributed by atoms with Crippen LogP contribution in [0, 0.1) is 16.7 Å². The lowest BCUT2D eigenvalue weighted by atomic mass is 9.83. The molecule has 2 aliphatic heterocycles. The van der Waals surface area contributed by atoms with Gasteiger partial charge in [-0.25, -0.2) is 0 Å². The molecule has 2 saturated heterocycles. The molecule has 2 nitrogen and oxygen atoms in total. The molecule has 106 valence electrons. The van der Waals surface area contributed by atoms with Gasteiger partial charge in [0.1, 0.15) is 0 Å². The summed E-state index contributed by atoms with van der Waals surface area (Å²) in [6.07, 6.45) is 4.06. The molecule has 0 aliphatic carbocycles. The minimum Gasteiger partial charge on any atom is -0.313 e. The summed E-state index contributed by atoms with van der Waals surface area (Å²) < 4.78 is 0. The van der Waals surface area contributed by atoms with E-state index < -0.39 is 0 Å². The van der Waals surface area contributed by atoms with Gasteiger partial charge < -0.3 is 10.6 Å². The van der Waals surface area contributed by atoms with Gasteiger partial charge in [0, 0.05) is 18.1 Å². The molecule has 0 amide bonds. The van der Waals surface area contributed by atoms with Crippen LogP contribution in [0.3, 0.4) is 0 Å². The Morgan fingerprint density at radius 1 is 0.833 bits per heavy atom. The van der Waals surface area contributed by atoms with E-state index in [1.807, 2.05) is 0 Å². The zero-order valence-corrected chi connectivity index (χ0v) is 13.1. The number of nitrogens with one attached hydrogen (secondary N) is 2. The average molecular weight is 252 g/mol. The van der Waals surface area contributed by atoms with Crippen LogP contribution < -0.4 is 10.6 Å².